The number of nitrogens with one attached hydrogen (secondary N) is 1. The van der Waals surface area contributed by atoms with Gasteiger partial charge in [0.2, 0.25) is 0 Å². The van der Waals surface area contributed by atoms with Crippen molar-refractivity contribution in [3.05, 3.63) is 12.7 Å². The van der Waals surface area contributed by atoms with Gasteiger partial charge in [0, 0.05) is 6.04 Å². The van der Waals surface area contributed by atoms with Gasteiger partial charge in [-0.25, -0.2) is 8.42 Å². The van der Waals surface area contributed by atoms with Crippen LogP contribution in [-0.2, 0) is 9.84 Å². The van der Waals surface area contributed by atoms with E-state index in [2.05, 4.69) is 11.9 Å². The van der Waals surface area contributed by atoms with Gasteiger partial charge in [0.1, 0.15) is 0 Å². The molecule has 1 heterocycles. The zero-order valence-electron chi connectivity index (χ0n) is 8.54. The van der Waals surface area contributed by atoms with Crippen LogP contribution in [-0.4, -0.2) is 32.5 Å². The molecule has 0 aromatic carbocycles. The molecule has 1 fully saturated rings. The molecule has 0 aromatic heterocycles. The van der Waals surface area contributed by atoms with Crippen LogP contribution in [0.4, 0.5) is 0 Å². The summed E-state index contributed by atoms with van der Waals surface area (Å²) < 4.78 is 22.6. The summed E-state index contributed by atoms with van der Waals surface area (Å²) in [6.07, 6.45) is 5.72. The van der Waals surface area contributed by atoms with Gasteiger partial charge in [-0.05, 0) is 32.2 Å². The number of allylic oxidation sites excluding steroid dienone is 1. The Hall–Kier alpha value is -0.350. The lowest BCUT2D eigenvalue weighted by molar-refractivity contribution is 0.477. The maximum absolute atomic E-state index is 11.3. The predicted molar refractivity (Wildman–Crippen MR) is 59.1 cm³/mol. The van der Waals surface area contributed by atoms with Crippen molar-refractivity contribution in [1.82, 2.24) is 5.32 Å². The van der Waals surface area contributed by atoms with Gasteiger partial charge in [0.25, 0.3) is 0 Å². The van der Waals surface area contributed by atoms with Crippen molar-refractivity contribution in [1.29, 1.82) is 0 Å². The molecule has 0 radical (unpaired) electrons. The third-order valence-electron chi connectivity index (χ3n) is 2.48. The molecule has 1 N–H and O–H groups in total. The fourth-order valence-corrected chi connectivity index (χ4v) is 3.41. The van der Waals surface area contributed by atoms with Crippen LogP contribution in [0.25, 0.3) is 0 Å². The van der Waals surface area contributed by atoms with Gasteiger partial charge < -0.3 is 5.32 Å². The summed E-state index contributed by atoms with van der Waals surface area (Å²) in [5, 5.41) is 3.29. The average molecular weight is 217 g/mol. The predicted octanol–water partition coefficient (Wildman–Crippen LogP) is 1.12. The van der Waals surface area contributed by atoms with Crippen molar-refractivity contribution in [2.45, 2.75) is 31.7 Å². The van der Waals surface area contributed by atoms with Crippen molar-refractivity contribution < 1.29 is 8.42 Å². The first-order chi connectivity index (χ1) is 6.64. The summed E-state index contributed by atoms with van der Waals surface area (Å²) in [5.74, 6) is 0.693. The van der Waals surface area contributed by atoms with Crippen LogP contribution in [0.5, 0.6) is 0 Å². The van der Waals surface area contributed by atoms with E-state index >= 15 is 0 Å². The quantitative estimate of drug-likeness (QED) is 0.554. The molecule has 0 bridgehead atoms. The summed E-state index contributed by atoms with van der Waals surface area (Å²) in [5.41, 5.74) is 0. The highest BCUT2D eigenvalue weighted by molar-refractivity contribution is 7.91. The van der Waals surface area contributed by atoms with E-state index in [1.807, 2.05) is 6.08 Å². The highest BCUT2D eigenvalue weighted by atomic mass is 32.2. The molecule has 0 aromatic rings. The van der Waals surface area contributed by atoms with Crippen molar-refractivity contribution in [3.8, 4) is 0 Å². The first-order valence-electron chi connectivity index (χ1n) is 5.19. The summed E-state index contributed by atoms with van der Waals surface area (Å²) in [6.45, 7) is 4.54. The van der Waals surface area contributed by atoms with Gasteiger partial charge in [-0.1, -0.05) is 6.08 Å². The fraction of sp³-hybridized carbons (Fsp3) is 0.800. The molecule has 3 nitrogen and oxygen atoms in total. The largest absolute Gasteiger partial charge is 0.313 e. The first-order valence-corrected chi connectivity index (χ1v) is 7.01. The molecular formula is C10H19NO2S. The standard InChI is InChI=1S/C10H19NO2S/c1-2-3-4-7-11-10-6-5-8-14(12,13)9-10/h2,10-11H,1,3-9H2. The molecule has 1 aliphatic heterocycles. The minimum atomic E-state index is -2.76. The van der Waals surface area contributed by atoms with Gasteiger partial charge >= 0.3 is 0 Å². The Morgan fingerprint density at radius 3 is 2.93 bits per heavy atom. The Labute approximate surface area is 86.5 Å². The van der Waals surface area contributed by atoms with E-state index in [4.69, 9.17) is 0 Å². The zero-order valence-corrected chi connectivity index (χ0v) is 9.35. The van der Waals surface area contributed by atoms with Crippen molar-refractivity contribution in [2.24, 2.45) is 0 Å². The third-order valence-corrected chi connectivity index (χ3v) is 4.30. The van der Waals surface area contributed by atoms with Gasteiger partial charge in [0.05, 0.1) is 11.5 Å². The van der Waals surface area contributed by atoms with E-state index in [1.165, 1.54) is 0 Å². The Balaban J connectivity index is 2.21. The minimum absolute atomic E-state index is 0.179. The molecule has 0 aliphatic carbocycles. The molecule has 82 valence electrons. The lowest BCUT2D eigenvalue weighted by atomic mass is 10.2. The molecule has 1 rings (SSSR count). The van der Waals surface area contributed by atoms with E-state index in [0.29, 0.717) is 11.5 Å². The number of sulfone groups is 1. The second-order valence-corrected chi connectivity index (χ2v) is 6.07. The van der Waals surface area contributed by atoms with E-state index in [1.54, 1.807) is 0 Å². The topological polar surface area (TPSA) is 46.2 Å². The SMILES string of the molecule is C=CCCCNC1CCCS(=O)(=O)C1. The maximum atomic E-state index is 11.3. The van der Waals surface area contributed by atoms with Crippen molar-refractivity contribution >= 4 is 9.84 Å². The molecule has 14 heavy (non-hydrogen) atoms. The summed E-state index contributed by atoms with van der Waals surface area (Å²) in [4.78, 5) is 0. The lowest BCUT2D eigenvalue weighted by Gasteiger charge is -2.22. The lowest BCUT2D eigenvalue weighted by Crippen LogP contribution is -2.40. The molecule has 1 aliphatic rings. The highest BCUT2D eigenvalue weighted by Crippen LogP contribution is 2.11. The summed E-state index contributed by atoms with van der Waals surface area (Å²) in [7, 11) is -2.76. The zero-order chi connectivity index (χ0) is 10.4. The normalized spacial score (nSPS) is 25.9. The fourth-order valence-electron chi connectivity index (χ4n) is 1.74. The van der Waals surface area contributed by atoms with Crippen LogP contribution in [0, 0.1) is 0 Å². The Morgan fingerprint density at radius 2 is 2.29 bits per heavy atom. The second-order valence-electron chi connectivity index (χ2n) is 3.84. The molecule has 1 atom stereocenters. The average Bonchev–Trinajstić information content (AvgIpc) is 2.11. The van der Waals surface area contributed by atoms with Crippen LogP contribution in [0.15, 0.2) is 12.7 Å². The summed E-state index contributed by atoms with van der Waals surface area (Å²) >= 11 is 0. The van der Waals surface area contributed by atoms with E-state index < -0.39 is 9.84 Å². The smallest absolute Gasteiger partial charge is 0.151 e. The number of hydrogen-bond acceptors (Lipinski definition) is 3. The monoisotopic (exact) mass is 217 g/mol. The van der Waals surface area contributed by atoms with Crippen LogP contribution >= 0.6 is 0 Å². The minimum Gasteiger partial charge on any atom is -0.313 e. The molecule has 1 unspecified atom stereocenters. The van der Waals surface area contributed by atoms with Crippen LogP contribution < -0.4 is 5.32 Å². The number of hydrogen-bond donors (Lipinski definition) is 1. The molecule has 0 spiro atoms. The van der Waals surface area contributed by atoms with E-state index in [9.17, 15) is 8.42 Å². The van der Waals surface area contributed by atoms with Gasteiger partial charge in [-0.15, -0.1) is 6.58 Å². The molecule has 4 heteroatoms. The van der Waals surface area contributed by atoms with E-state index in [-0.39, 0.29) is 6.04 Å². The van der Waals surface area contributed by atoms with Crippen LogP contribution in [0.1, 0.15) is 25.7 Å². The van der Waals surface area contributed by atoms with Gasteiger partial charge in [0.15, 0.2) is 9.84 Å². The number of unbranched alkanes of at least 4 members (excludes halogenated alkanes) is 1. The molecular weight excluding hydrogens is 198 g/mol. The Kier molecular flexibility index (Phi) is 4.62. The molecule has 0 amide bonds. The Morgan fingerprint density at radius 1 is 1.50 bits per heavy atom. The first kappa shape index (κ1) is 11.7. The maximum Gasteiger partial charge on any atom is 0.151 e. The highest BCUT2D eigenvalue weighted by Gasteiger charge is 2.23. The Bertz CT molecular complexity index is 272. The third kappa shape index (κ3) is 4.24. The van der Waals surface area contributed by atoms with E-state index in [0.717, 1.165) is 32.2 Å². The van der Waals surface area contributed by atoms with Crippen molar-refractivity contribution in [2.75, 3.05) is 18.1 Å². The van der Waals surface area contributed by atoms with Crippen molar-refractivity contribution in [3.63, 3.8) is 0 Å². The van der Waals surface area contributed by atoms with Gasteiger partial charge in [-0.3, -0.25) is 0 Å². The summed E-state index contributed by atoms with van der Waals surface area (Å²) in [6, 6.07) is 0.179. The molecule has 0 saturated carbocycles. The second kappa shape index (κ2) is 5.51. The number of rotatable bonds is 5. The van der Waals surface area contributed by atoms with Gasteiger partial charge in [-0.2, -0.15) is 0 Å². The van der Waals surface area contributed by atoms with Crippen LogP contribution in [0.2, 0.25) is 0 Å². The van der Waals surface area contributed by atoms with Crippen LogP contribution in [0.3, 0.4) is 0 Å². The molecule has 1 saturated heterocycles.